The maximum atomic E-state index is 5.88. The van der Waals surface area contributed by atoms with Crippen molar-refractivity contribution in [1.82, 2.24) is 14.8 Å². The van der Waals surface area contributed by atoms with Gasteiger partial charge < -0.3 is 10.3 Å². The molecule has 17 heavy (non-hydrogen) atoms. The molecule has 0 spiro atoms. The number of fused-ring (bicyclic) bond motifs is 1. The molecule has 0 aliphatic heterocycles. The molecule has 3 N–H and O–H groups in total. The maximum absolute atomic E-state index is 5.88. The molecule has 0 aliphatic rings. The van der Waals surface area contributed by atoms with Gasteiger partial charge in [-0.05, 0) is 24.3 Å². The highest BCUT2D eigenvalue weighted by Gasteiger charge is 2.11. The monoisotopic (exact) mass is 290 g/mol. The second-order valence-electron chi connectivity index (χ2n) is 3.99. The zero-order chi connectivity index (χ0) is 12.0. The van der Waals surface area contributed by atoms with Crippen LogP contribution in [0.3, 0.4) is 0 Å². The van der Waals surface area contributed by atoms with Crippen molar-refractivity contribution in [1.29, 1.82) is 0 Å². The van der Waals surface area contributed by atoms with Gasteiger partial charge in [-0.1, -0.05) is 15.9 Å². The average Bonchev–Trinajstić information content (AvgIpc) is 2.83. The fourth-order valence-electron chi connectivity index (χ4n) is 2.06. The van der Waals surface area contributed by atoms with E-state index in [0.717, 1.165) is 21.4 Å². The summed E-state index contributed by atoms with van der Waals surface area (Å²) >= 11 is 3.48. The smallest absolute Gasteiger partial charge is 0.104 e. The number of aromatic amines is 1. The van der Waals surface area contributed by atoms with E-state index >= 15 is 0 Å². The minimum atomic E-state index is 0.662. The molecule has 86 valence electrons. The average molecular weight is 291 g/mol. The Morgan fingerprint density at radius 2 is 2.18 bits per heavy atom. The fraction of sp³-hybridized carbons (Fsp3) is 0.0833. The molecule has 0 unspecified atom stereocenters. The molecular weight excluding hydrogens is 280 g/mol. The van der Waals surface area contributed by atoms with Crippen LogP contribution in [0.2, 0.25) is 0 Å². The molecule has 4 nitrogen and oxygen atoms in total. The molecule has 0 saturated carbocycles. The lowest BCUT2D eigenvalue weighted by molar-refractivity contribution is 0.964. The summed E-state index contributed by atoms with van der Waals surface area (Å²) in [4.78, 5) is 0. The minimum Gasteiger partial charge on any atom is -0.396 e. The van der Waals surface area contributed by atoms with Gasteiger partial charge in [0.1, 0.15) is 5.69 Å². The van der Waals surface area contributed by atoms with Crippen molar-refractivity contribution in [2.45, 2.75) is 0 Å². The van der Waals surface area contributed by atoms with E-state index < -0.39 is 0 Å². The van der Waals surface area contributed by atoms with Crippen molar-refractivity contribution >= 4 is 32.5 Å². The van der Waals surface area contributed by atoms with Crippen LogP contribution in [0.4, 0.5) is 5.69 Å². The van der Waals surface area contributed by atoms with Crippen LogP contribution in [-0.2, 0) is 7.05 Å². The number of nitrogens with zero attached hydrogens (tertiary/aromatic N) is 2. The molecule has 0 amide bonds. The Bertz CT molecular complexity index is 696. The topological polar surface area (TPSA) is 59.6 Å². The molecular formula is C12H11BrN4. The van der Waals surface area contributed by atoms with E-state index in [1.165, 1.54) is 5.39 Å². The van der Waals surface area contributed by atoms with Crippen molar-refractivity contribution in [2.75, 3.05) is 5.73 Å². The highest BCUT2D eigenvalue weighted by molar-refractivity contribution is 9.10. The number of nitrogens with one attached hydrogen (secondary N) is 1. The normalized spacial score (nSPS) is 11.2. The van der Waals surface area contributed by atoms with Gasteiger partial charge in [0.2, 0.25) is 0 Å². The lowest BCUT2D eigenvalue weighted by atomic mass is 10.2. The number of aryl methyl sites for hydroxylation is 1. The minimum absolute atomic E-state index is 0.662. The first-order chi connectivity index (χ1) is 8.16. The van der Waals surface area contributed by atoms with Crippen LogP contribution in [0.5, 0.6) is 0 Å². The van der Waals surface area contributed by atoms with Crippen LogP contribution in [0.15, 0.2) is 34.9 Å². The van der Waals surface area contributed by atoms with Crippen molar-refractivity contribution in [2.24, 2.45) is 7.05 Å². The molecule has 0 radical (unpaired) electrons. The van der Waals surface area contributed by atoms with Gasteiger partial charge in [0.25, 0.3) is 0 Å². The quantitative estimate of drug-likeness (QED) is 0.724. The number of hydrogen-bond acceptors (Lipinski definition) is 2. The molecule has 1 aromatic carbocycles. The Morgan fingerprint density at radius 3 is 2.88 bits per heavy atom. The van der Waals surface area contributed by atoms with Crippen LogP contribution < -0.4 is 5.73 Å². The lowest BCUT2D eigenvalue weighted by Crippen LogP contribution is -1.94. The predicted octanol–water partition coefficient (Wildman–Crippen LogP) is 2.91. The Labute approximate surface area is 107 Å². The van der Waals surface area contributed by atoms with Gasteiger partial charge in [0.05, 0.1) is 17.6 Å². The first-order valence-corrected chi connectivity index (χ1v) is 6.00. The van der Waals surface area contributed by atoms with E-state index in [1.54, 1.807) is 6.20 Å². The SMILES string of the molecule is Cn1c(-c2[nH]ncc2N)cc2cc(Br)ccc21. The molecule has 0 bridgehead atoms. The second-order valence-corrected chi connectivity index (χ2v) is 4.91. The summed E-state index contributed by atoms with van der Waals surface area (Å²) in [6.45, 7) is 0. The third-order valence-corrected chi connectivity index (χ3v) is 3.42. The van der Waals surface area contributed by atoms with Gasteiger partial charge in [-0.25, -0.2) is 0 Å². The van der Waals surface area contributed by atoms with Crippen LogP contribution >= 0.6 is 15.9 Å². The first kappa shape index (κ1) is 10.4. The van der Waals surface area contributed by atoms with Gasteiger partial charge in [-0.3, -0.25) is 5.10 Å². The van der Waals surface area contributed by atoms with E-state index in [9.17, 15) is 0 Å². The van der Waals surface area contributed by atoms with Crippen molar-refractivity contribution in [3.63, 3.8) is 0 Å². The van der Waals surface area contributed by atoms with E-state index in [1.807, 2.05) is 13.1 Å². The molecule has 2 heterocycles. The molecule has 3 aromatic rings. The van der Waals surface area contributed by atoms with E-state index in [2.05, 4.69) is 48.9 Å². The number of nitrogen functional groups attached to an aromatic ring is 1. The molecule has 0 fully saturated rings. The Morgan fingerprint density at radius 1 is 1.35 bits per heavy atom. The number of rotatable bonds is 1. The predicted molar refractivity (Wildman–Crippen MR) is 72.6 cm³/mol. The third kappa shape index (κ3) is 1.54. The third-order valence-electron chi connectivity index (χ3n) is 2.93. The summed E-state index contributed by atoms with van der Waals surface area (Å²) in [5.41, 5.74) is 9.60. The van der Waals surface area contributed by atoms with Crippen molar-refractivity contribution in [3.8, 4) is 11.4 Å². The number of anilines is 1. The van der Waals surface area contributed by atoms with E-state index in [-0.39, 0.29) is 0 Å². The highest BCUT2D eigenvalue weighted by atomic mass is 79.9. The molecule has 0 saturated heterocycles. The molecule has 3 rings (SSSR count). The Hall–Kier alpha value is -1.75. The number of halogens is 1. The van der Waals surface area contributed by atoms with Crippen LogP contribution in [0, 0.1) is 0 Å². The standard InChI is InChI=1S/C12H11BrN4/c1-17-10-3-2-8(13)4-7(10)5-11(17)12-9(14)6-15-16-12/h2-6H,14H2,1H3,(H,15,16). The van der Waals surface area contributed by atoms with Gasteiger partial charge in [-0.2, -0.15) is 5.10 Å². The molecule has 5 heteroatoms. The highest BCUT2D eigenvalue weighted by Crippen LogP contribution is 2.30. The number of nitrogens with two attached hydrogens (primary N) is 1. The molecule has 0 aliphatic carbocycles. The zero-order valence-electron chi connectivity index (χ0n) is 9.24. The number of aromatic nitrogens is 3. The summed E-state index contributed by atoms with van der Waals surface area (Å²) in [6, 6.07) is 8.30. The summed E-state index contributed by atoms with van der Waals surface area (Å²) in [5, 5.41) is 8.06. The van der Waals surface area contributed by atoms with E-state index in [0.29, 0.717) is 5.69 Å². The molecule has 2 aromatic heterocycles. The fourth-order valence-corrected chi connectivity index (χ4v) is 2.44. The Kier molecular flexibility index (Phi) is 2.22. The molecule has 0 atom stereocenters. The largest absolute Gasteiger partial charge is 0.396 e. The van der Waals surface area contributed by atoms with Crippen molar-refractivity contribution in [3.05, 3.63) is 34.9 Å². The van der Waals surface area contributed by atoms with Crippen molar-refractivity contribution < 1.29 is 0 Å². The number of hydrogen-bond donors (Lipinski definition) is 2. The second kappa shape index (κ2) is 3.63. The van der Waals surface area contributed by atoms with E-state index in [4.69, 9.17) is 5.73 Å². The number of benzene rings is 1. The summed E-state index contributed by atoms with van der Waals surface area (Å²) in [7, 11) is 2.02. The summed E-state index contributed by atoms with van der Waals surface area (Å²) in [6.07, 6.45) is 1.63. The lowest BCUT2D eigenvalue weighted by Gasteiger charge is -2.02. The van der Waals surface area contributed by atoms with Crippen LogP contribution in [-0.4, -0.2) is 14.8 Å². The maximum Gasteiger partial charge on any atom is 0.104 e. The Balaban J connectivity index is 2.31. The van der Waals surface area contributed by atoms with Gasteiger partial charge in [0.15, 0.2) is 0 Å². The number of H-pyrrole nitrogens is 1. The first-order valence-electron chi connectivity index (χ1n) is 5.21. The van der Waals surface area contributed by atoms with Gasteiger partial charge in [-0.15, -0.1) is 0 Å². The van der Waals surface area contributed by atoms with Crippen LogP contribution in [0.25, 0.3) is 22.3 Å². The summed E-state index contributed by atoms with van der Waals surface area (Å²) in [5.74, 6) is 0. The van der Waals surface area contributed by atoms with Gasteiger partial charge in [0, 0.05) is 22.4 Å². The zero-order valence-corrected chi connectivity index (χ0v) is 10.8. The summed E-state index contributed by atoms with van der Waals surface area (Å²) < 4.78 is 3.17. The van der Waals surface area contributed by atoms with Crippen LogP contribution in [0.1, 0.15) is 0 Å². The van der Waals surface area contributed by atoms with Gasteiger partial charge >= 0.3 is 0 Å².